The lowest BCUT2D eigenvalue weighted by Crippen LogP contribution is -2.37. The molecule has 0 saturated carbocycles. The van der Waals surface area contributed by atoms with Gasteiger partial charge in [-0.3, -0.25) is 0 Å². The van der Waals surface area contributed by atoms with Gasteiger partial charge in [0.15, 0.2) is 0 Å². The summed E-state index contributed by atoms with van der Waals surface area (Å²) in [6.07, 6.45) is 4.57. The normalized spacial score (nSPS) is 26.2. The maximum absolute atomic E-state index is 6.09. The minimum atomic E-state index is 0.434. The van der Waals surface area contributed by atoms with Gasteiger partial charge in [-0.25, -0.2) is 0 Å². The van der Waals surface area contributed by atoms with Gasteiger partial charge in [0.25, 0.3) is 0 Å². The van der Waals surface area contributed by atoms with Gasteiger partial charge in [-0.05, 0) is 45.7 Å². The molecule has 108 valence electrons. The van der Waals surface area contributed by atoms with E-state index in [1.807, 2.05) is 0 Å². The zero-order valence-electron chi connectivity index (χ0n) is 12.9. The molecule has 0 aromatic heterocycles. The molecule has 1 saturated heterocycles. The average Bonchev–Trinajstić information content (AvgIpc) is 2.73. The molecule has 0 spiro atoms. The fourth-order valence-corrected chi connectivity index (χ4v) is 2.73. The van der Waals surface area contributed by atoms with Crippen molar-refractivity contribution < 1.29 is 4.74 Å². The first-order valence-corrected chi connectivity index (χ1v) is 7.59. The molecule has 0 bridgehead atoms. The van der Waals surface area contributed by atoms with E-state index in [-0.39, 0.29) is 0 Å². The summed E-state index contributed by atoms with van der Waals surface area (Å²) in [5.41, 5.74) is 0. The molecule has 0 aromatic carbocycles. The van der Waals surface area contributed by atoms with Crippen LogP contribution >= 0.6 is 0 Å². The molecule has 3 nitrogen and oxygen atoms in total. The van der Waals surface area contributed by atoms with Crippen LogP contribution in [-0.4, -0.2) is 49.8 Å². The maximum atomic E-state index is 6.09. The molecule has 0 aromatic rings. The van der Waals surface area contributed by atoms with Crippen LogP contribution in [-0.2, 0) is 4.74 Å². The van der Waals surface area contributed by atoms with Crippen molar-refractivity contribution in [2.24, 2.45) is 5.92 Å². The van der Waals surface area contributed by atoms with Crippen molar-refractivity contribution in [2.45, 2.75) is 65.2 Å². The first kappa shape index (κ1) is 15.9. The highest BCUT2D eigenvalue weighted by molar-refractivity contribution is 4.78. The van der Waals surface area contributed by atoms with E-state index in [0.717, 1.165) is 25.6 Å². The lowest BCUT2D eigenvalue weighted by Gasteiger charge is -2.28. The van der Waals surface area contributed by atoms with E-state index in [0.29, 0.717) is 18.2 Å². The molecule has 0 radical (unpaired) electrons. The fraction of sp³-hybridized carbons (Fsp3) is 1.00. The molecule has 1 fully saturated rings. The predicted molar refractivity (Wildman–Crippen MR) is 78.0 cm³/mol. The second-order valence-corrected chi connectivity index (χ2v) is 6.18. The van der Waals surface area contributed by atoms with Gasteiger partial charge in [0.2, 0.25) is 0 Å². The molecule has 1 aliphatic rings. The van der Waals surface area contributed by atoms with Crippen LogP contribution in [0.5, 0.6) is 0 Å². The second kappa shape index (κ2) is 8.13. The Bertz CT molecular complexity index is 221. The molecule has 1 aliphatic heterocycles. The van der Waals surface area contributed by atoms with Gasteiger partial charge in [-0.1, -0.05) is 20.8 Å². The van der Waals surface area contributed by atoms with Crippen LogP contribution in [0.15, 0.2) is 0 Å². The SMILES string of the molecule is CCNCC1CCC(CN(C)C(C)CC(C)C)O1. The molecular formula is C15H32N2O. The summed E-state index contributed by atoms with van der Waals surface area (Å²) >= 11 is 0. The van der Waals surface area contributed by atoms with E-state index in [1.165, 1.54) is 19.3 Å². The first-order valence-electron chi connectivity index (χ1n) is 7.59. The van der Waals surface area contributed by atoms with Crippen LogP contribution in [0.1, 0.15) is 47.0 Å². The fourth-order valence-electron chi connectivity index (χ4n) is 2.73. The zero-order chi connectivity index (χ0) is 13.5. The molecule has 3 heteroatoms. The maximum Gasteiger partial charge on any atom is 0.0707 e. The van der Waals surface area contributed by atoms with Gasteiger partial charge in [0.1, 0.15) is 0 Å². The number of hydrogen-bond acceptors (Lipinski definition) is 3. The second-order valence-electron chi connectivity index (χ2n) is 6.18. The highest BCUT2D eigenvalue weighted by Gasteiger charge is 2.26. The summed E-state index contributed by atoms with van der Waals surface area (Å²) in [5, 5.41) is 3.37. The molecule has 18 heavy (non-hydrogen) atoms. The summed E-state index contributed by atoms with van der Waals surface area (Å²) in [6, 6.07) is 0.654. The highest BCUT2D eigenvalue weighted by atomic mass is 16.5. The van der Waals surface area contributed by atoms with Crippen LogP contribution < -0.4 is 5.32 Å². The van der Waals surface area contributed by atoms with Crippen molar-refractivity contribution in [2.75, 3.05) is 26.7 Å². The quantitative estimate of drug-likeness (QED) is 0.722. The molecule has 3 atom stereocenters. The number of likely N-dealkylation sites (N-methyl/N-ethyl adjacent to an activating group) is 2. The van der Waals surface area contributed by atoms with Gasteiger partial charge in [-0.2, -0.15) is 0 Å². The Hall–Kier alpha value is -0.120. The number of nitrogens with zero attached hydrogens (tertiary/aromatic N) is 1. The monoisotopic (exact) mass is 256 g/mol. The van der Waals surface area contributed by atoms with E-state index < -0.39 is 0 Å². The molecule has 0 aliphatic carbocycles. The van der Waals surface area contributed by atoms with Crippen LogP contribution in [0, 0.1) is 5.92 Å². The third-order valence-electron chi connectivity index (χ3n) is 3.87. The van der Waals surface area contributed by atoms with Crippen molar-refractivity contribution in [3.05, 3.63) is 0 Å². The molecular weight excluding hydrogens is 224 g/mol. The topological polar surface area (TPSA) is 24.5 Å². The van der Waals surface area contributed by atoms with Crippen molar-refractivity contribution in [1.29, 1.82) is 0 Å². The molecule has 1 rings (SSSR count). The minimum absolute atomic E-state index is 0.434. The smallest absolute Gasteiger partial charge is 0.0707 e. The number of hydrogen-bond donors (Lipinski definition) is 1. The van der Waals surface area contributed by atoms with Gasteiger partial charge in [0.05, 0.1) is 12.2 Å². The summed E-state index contributed by atoms with van der Waals surface area (Å²) in [4.78, 5) is 2.46. The predicted octanol–water partition coefficient (Wildman–Crippen LogP) is 2.51. The Labute approximate surface area is 113 Å². The van der Waals surface area contributed by atoms with Crippen molar-refractivity contribution >= 4 is 0 Å². The molecule has 0 amide bonds. The Morgan fingerprint density at radius 1 is 1.22 bits per heavy atom. The third kappa shape index (κ3) is 5.68. The minimum Gasteiger partial charge on any atom is -0.372 e. The molecule has 1 heterocycles. The van der Waals surface area contributed by atoms with Gasteiger partial charge >= 0.3 is 0 Å². The Kier molecular flexibility index (Phi) is 7.20. The van der Waals surface area contributed by atoms with Crippen LogP contribution in [0.2, 0.25) is 0 Å². The van der Waals surface area contributed by atoms with E-state index in [4.69, 9.17) is 4.74 Å². The number of rotatable bonds is 8. The summed E-state index contributed by atoms with van der Waals surface area (Å²) in [5.74, 6) is 0.772. The summed E-state index contributed by atoms with van der Waals surface area (Å²) in [6.45, 7) is 12.2. The van der Waals surface area contributed by atoms with E-state index in [1.54, 1.807) is 0 Å². The third-order valence-corrected chi connectivity index (χ3v) is 3.87. The largest absolute Gasteiger partial charge is 0.372 e. The van der Waals surface area contributed by atoms with Gasteiger partial charge in [-0.15, -0.1) is 0 Å². The number of ether oxygens (including phenoxy) is 1. The summed E-state index contributed by atoms with van der Waals surface area (Å²) < 4.78 is 6.09. The Balaban J connectivity index is 2.23. The Morgan fingerprint density at radius 2 is 1.89 bits per heavy atom. The summed E-state index contributed by atoms with van der Waals surface area (Å²) in [7, 11) is 2.23. The first-order chi connectivity index (χ1) is 8.52. The highest BCUT2D eigenvalue weighted by Crippen LogP contribution is 2.21. The lowest BCUT2D eigenvalue weighted by molar-refractivity contribution is 0.0205. The van der Waals surface area contributed by atoms with Crippen LogP contribution in [0.3, 0.4) is 0 Å². The Morgan fingerprint density at radius 3 is 2.50 bits per heavy atom. The van der Waals surface area contributed by atoms with E-state index in [2.05, 4.69) is 45.0 Å². The van der Waals surface area contributed by atoms with E-state index in [9.17, 15) is 0 Å². The average molecular weight is 256 g/mol. The van der Waals surface area contributed by atoms with Crippen LogP contribution in [0.25, 0.3) is 0 Å². The van der Waals surface area contributed by atoms with E-state index >= 15 is 0 Å². The van der Waals surface area contributed by atoms with Crippen molar-refractivity contribution in [3.63, 3.8) is 0 Å². The number of nitrogens with one attached hydrogen (secondary N) is 1. The zero-order valence-corrected chi connectivity index (χ0v) is 12.9. The molecule has 1 N–H and O–H groups in total. The van der Waals surface area contributed by atoms with Gasteiger partial charge in [0, 0.05) is 19.1 Å². The van der Waals surface area contributed by atoms with Crippen molar-refractivity contribution in [1.82, 2.24) is 10.2 Å². The molecule has 3 unspecified atom stereocenters. The van der Waals surface area contributed by atoms with Crippen molar-refractivity contribution in [3.8, 4) is 0 Å². The lowest BCUT2D eigenvalue weighted by atomic mass is 10.0. The van der Waals surface area contributed by atoms with Crippen LogP contribution in [0.4, 0.5) is 0 Å². The van der Waals surface area contributed by atoms with Gasteiger partial charge < -0.3 is 15.0 Å². The standard InChI is InChI=1S/C15H32N2O/c1-6-16-10-14-7-8-15(18-14)11-17(5)13(4)9-12(2)3/h12-16H,6-11H2,1-5H3.